The lowest BCUT2D eigenvalue weighted by atomic mass is 10.3. The van der Waals surface area contributed by atoms with Crippen molar-refractivity contribution in [3.05, 3.63) is 54.6 Å². The second kappa shape index (κ2) is 9.58. The molecule has 0 aliphatic heterocycles. The van der Waals surface area contributed by atoms with Gasteiger partial charge in [-0.1, -0.05) is 30.0 Å². The first-order valence-corrected chi connectivity index (χ1v) is 9.25. The number of para-hydroxylation sites is 1. The summed E-state index contributed by atoms with van der Waals surface area (Å²) in [5.74, 6) is 1.63. The molecule has 0 spiro atoms. The third-order valence-electron chi connectivity index (χ3n) is 3.53. The average molecular weight is 385 g/mol. The van der Waals surface area contributed by atoms with E-state index in [9.17, 15) is 4.79 Å². The van der Waals surface area contributed by atoms with E-state index in [0.717, 1.165) is 17.2 Å². The van der Waals surface area contributed by atoms with Crippen LogP contribution in [0.15, 0.2) is 59.8 Å². The highest BCUT2D eigenvalue weighted by molar-refractivity contribution is 7.99. The van der Waals surface area contributed by atoms with E-state index in [1.54, 1.807) is 11.8 Å². The lowest BCUT2D eigenvalue weighted by molar-refractivity contribution is -0.118. The van der Waals surface area contributed by atoms with E-state index < -0.39 is 0 Å². The maximum Gasteiger partial charge on any atom is 0.230 e. The summed E-state index contributed by atoms with van der Waals surface area (Å²) in [6.45, 7) is 0.835. The molecule has 0 atom stereocenters. The molecule has 8 nitrogen and oxygen atoms in total. The molecule has 0 radical (unpaired) electrons. The fourth-order valence-electron chi connectivity index (χ4n) is 2.21. The van der Waals surface area contributed by atoms with Crippen molar-refractivity contribution in [2.24, 2.45) is 0 Å². The van der Waals surface area contributed by atoms with Crippen molar-refractivity contribution in [3.8, 4) is 17.2 Å². The summed E-state index contributed by atoms with van der Waals surface area (Å²) >= 11 is 1.26. The molecule has 2 aromatic carbocycles. The van der Waals surface area contributed by atoms with E-state index in [0.29, 0.717) is 18.3 Å². The van der Waals surface area contributed by atoms with Crippen LogP contribution in [0, 0.1) is 0 Å². The number of carbonyl (C=O) groups is 1. The van der Waals surface area contributed by atoms with Crippen LogP contribution in [0.4, 0.5) is 0 Å². The van der Waals surface area contributed by atoms with E-state index in [1.807, 2.05) is 54.6 Å². The van der Waals surface area contributed by atoms with Gasteiger partial charge in [0.15, 0.2) is 0 Å². The molecule has 0 fully saturated rings. The highest BCUT2D eigenvalue weighted by atomic mass is 32.2. The minimum Gasteiger partial charge on any atom is -0.497 e. The maximum absolute atomic E-state index is 12.0. The highest BCUT2D eigenvalue weighted by Crippen LogP contribution is 2.20. The SMILES string of the molecule is COc1ccc(-n2nnnc2SCC(=O)NCCOc2ccccc2)cc1. The molecule has 3 rings (SSSR count). The van der Waals surface area contributed by atoms with Crippen LogP contribution in [-0.4, -0.2) is 52.1 Å². The van der Waals surface area contributed by atoms with Gasteiger partial charge < -0.3 is 14.8 Å². The number of ether oxygens (including phenoxy) is 2. The summed E-state index contributed by atoms with van der Waals surface area (Å²) < 4.78 is 12.3. The Labute approximate surface area is 160 Å². The fourth-order valence-corrected chi connectivity index (χ4v) is 2.93. The van der Waals surface area contributed by atoms with Crippen LogP contribution in [0.1, 0.15) is 0 Å². The standard InChI is InChI=1S/C18H19N5O3S/c1-25-15-9-7-14(8-10-15)23-18(20-21-22-23)27-13-17(24)19-11-12-26-16-5-3-2-4-6-16/h2-10H,11-13H2,1H3,(H,19,24). The average Bonchev–Trinajstić information content (AvgIpc) is 3.19. The molecule has 0 saturated carbocycles. The van der Waals surface area contributed by atoms with Gasteiger partial charge in [0.05, 0.1) is 25.1 Å². The van der Waals surface area contributed by atoms with Gasteiger partial charge in [-0.15, -0.1) is 5.10 Å². The zero-order chi connectivity index (χ0) is 18.9. The van der Waals surface area contributed by atoms with Crippen molar-refractivity contribution in [3.63, 3.8) is 0 Å². The minimum atomic E-state index is -0.110. The Morgan fingerprint density at radius 2 is 1.89 bits per heavy atom. The number of carbonyl (C=O) groups excluding carboxylic acids is 1. The number of tetrazole rings is 1. The van der Waals surface area contributed by atoms with Gasteiger partial charge in [0.2, 0.25) is 11.1 Å². The van der Waals surface area contributed by atoms with Crippen LogP contribution in [0.25, 0.3) is 5.69 Å². The van der Waals surface area contributed by atoms with Gasteiger partial charge in [-0.3, -0.25) is 4.79 Å². The van der Waals surface area contributed by atoms with Crippen LogP contribution in [0.3, 0.4) is 0 Å². The predicted molar refractivity (Wildman–Crippen MR) is 101 cm³/mol. The number of nitrogens with zero attached hydrogens (tertiary/aromatic N) is 4. The second-order valence-electron chi connectivity index (χ2n) is 5.37. The Kier molecular flexibility index (Phi) is 6.64. The van der Waals surface area contributed by atoms with Crippen LogP contribution in [0.5, 0.6) is 11.5 Å². The zero-order valence-electron chi connectivity index (χ0n) is 14.7. The van der Waals surface area contributed by atoms with E-state index in [-0.39, 0.29) is 11.7 Å². The molecule has 3 aromatic rings. The van der Waals surface area contributed by atoms with Gasteiger partial charge in [0.25, 0.3) is 0 Å². The third-order valence-corrected chi connectivity index (χ3v) is 4.45. The molecule has 1 aromatic heterocycles. The quantitative estimate of drug-likeness (QED) is 0.445. The van der Waals surface area contributed by atoms with E-state index in [1.165, 1.54) is 11.8 Å². The van der Waals surface area contributed by atoms with Crippen molar-refractivity contribution in [2.75, 3.05) is 26.0 Å². The van der Waals surface area contributed by atoms with Gasteiger partial charge in [-0.05, 0) is 46.8 Å². The maximum atomic E-state index is 12.0. The van der Waals surface area contributed by atoms with Gasteiger partial charge in [0, 0.05) is 0 Å². The van der Waals surface area contributed by atoms with Crippen molar-refractivity contribution in [1.29, 1.82) is 0 Å². The molecule has 27 heavy (non-hydrogen) atoms. The molecule has 1 N–H and O–H groups in total. The van der Waals surface area contributed by atoms with E-state index in [4.69, 9.17) is 9.47 Å². The predicted octanol–water partition coefficient (Wildman–Crippen LogP) is 1.96. The molecular formula is C18H19N5O3S. The van der Waals surface area contributed by atoms with Gasteiger partial charge >= 0.3 is 0 Å². The largest absolute Gasteiger partial charge is 0.497 e. The third kappa shape index (κ3) is 5.45. The normalized spacial score (nSPS) is 10.4. The number of methoxy groups -OCH3 is 1. The van der Waals surface area contributed by atoms with E-state index >= 15 is 0 Å². The van der Waals surface area contributed by atoms with Gasteiger partial charge in [-0.25, -0.2) is 0 Å². The number of thioether (sulfide) groups is 1. The second-order valence-corrected chi connectivity index (χ2v) is 6.31. The van der Waals surface area contributed by atoms with Crippen molar-refractivity contribution in [1.82, 2.24) is 25.5 Å². The van der Waals surface area contributed by atoms with Crippen LogP contribution in [-0.2, 0) is 4.79 Å². The Morgan fingerprint density at radius 3 is 2.63 bits per heavy atom. The first-order chi connectivity index (χ1) is 13.3. The van der Waals surface area contributed by atoms with Crippen LogP contribution < -0.4 is 14.8 Å². The summed E-state index contributed by atoms with van der Waals surface area (Å²) in [7, 11) is 1.61. The molecule has 140 valence electrons. The van der Waals surface area contributed by atoms with Gasteiger partial charge in [0.1, 0.15) is 18.1 Å². The number of amides is 1. The van der Waals surface area contributed by atoms with Crippen LogP contribution >= 0.6 is 11.8 Å². The number of hydrogen-bond acceptors (Lipinski definition) is 7. The number of rotatable bonds is 9. The first kappa shape index (κ1) is 18.7. The topological polar surface area (TPSA) is 91.2 Å². The Morgan fingerprint density at radius 1 is 1.11 bits per heavy atom. The smallest absolute Gasteiger partial charge is 0.230 e. The molecule has 9 heteroatoms. The summed E-state index contributed by atoms with van der Waals surface area (Å²) in [5.41, 5.74) is 0.792. The minimum absolute atomic E-state index is 0.110. The molecule has 1 heterocycles. The zero-order valence-corrected chi connectivity index (χ0v) is 15.6. The molecule has 0 saturated heterocycles. The number of hydrogen-bond donors (Lipinski definition) is 1. The number of benzene rings is 2. The first-order valence-electron chi connectivity index (χ1n) is 8.26. The molecular weight excluding hydrogens is 366 g/mol. The Bertz CT molecular complexity index is 855. The monoisotopic (exact) mass is 385 g/mol. The van der Waals surface area contributed by atoms with Crippen molar-refractivity contribution >= 4 is 17.7 Å². The summed E-state index contributed by atoms with van der Waals surface area (Å²) in [6.07, 6.45) is 0. The highest BCUT2D eigenvalue weighted by Gasteiger charge is 2.11. The van der Waals surface area contributed by atoms with Crippen molar-refractivity contribution < 1.29 is 14.3 Å². The molecule has 0 aliphatic rings. The number of aromatic nitrogens is 4. The lowest BCUT2D eigenvalue weighted by Gasteiger charge is -2.08. The molecule has 0 aliphatic carbocycles. The van der Waals surface area contributed by atoms with E-state index in [2.05, 4.69) is 20.8 Å². The van der Waals surface area contributed by atoms with Crippen molar-refractivity contribution in [2.45, 2.75) is 5.16 Å². The Balaban J connectivity index is 1.44. The molecule has 0 bridgehead atoms. The summed E-state index contributed by atoms with van der Waals surface area (Å²) in [4.78, 5) is 12.0. The van der Waals surface area contributed by atoms with Gasteiger partial charge in [-0.2, -0.15) is 4.68 Å². The fraction of sp³-hybridized carbons (Fsp3) is 0.222. The lowest BCUT2D eigenvalue weighted by Crippen LogP contribution is -2.29. The summed E-state index contributed by atoms with van der Waals surface area (Å²) in [6, 6.07) is 16.8. The van der Waals surface area contributed by atoms with Crippen LogP contribution in [0.2, 0.25) is 0 Å². The Hall–Kier alpha value is -3.07. The molecule has 0 unspecified atom stereocenters. The number of nitrogens with one attached hydrogen (secondary N) is 1. The molecule has 1 amide bonds. The summed E-state index contributed by atoms with van der Waals surface area (Å²) in [5, 5.41) is 15.0.